The molecule has 0 aromatic heterocycles. The van der Waals surface area contributed by atoms with Gasteiger partial charge in [0.1, 0.15) is 5.75 Å². The maximum Gasteiger partial charge on any atom is 0.258 e. The van der Waals surface area contributed by atoms with Crippen LogP contribution in [0.5, 0.6) is 5.75 Å². The summed E-state index contributed by atoms with van der Waals surface area (Å²) < 4.78 is 5.40. The number of halogens is 1. The van der Waals surface area contributed by atoms with E-state index in [1.54, 1.807) is 24.3 Å². The highest BCUT2D eigenvalue weighted by atomic mass is 35.5. The molecule has 6 heteroatoms. The van der Waals surface area contributed by atoms with Crippen molar-refractivity contribution in [2.24, 2.45) is 0 Å². The van der Waals surface area contributed by atoms with Crippen molar-refractivity contribution in [3.63, 3.8) is 0 Å². The number of hydrogen-bond donors (Lipinski definition) is 1. The molecule has 1 N–H and O–H groups in total. The van der Waals surface area contributed by atoms with Crippen molar-refractivity contribution in [3.8, 4) is 11.8 Å². The van der Waals surface area contributed by atoms with E-state index >= 15 is 0 Å². The fourth-order valence-electron chi connectivity index (χ4n) is 2.28. The first-order chi connectivity index (χ1) is 10.2. The summed E-state index contributed by atoms with van der Waals surface area (Å²) in [6.45, 7) is 2.15. The van der Waals surface area contributed by atoms with Crippen molar-refractivity contribution in [2.75, 3.05) is 26.2 Å². The number of piperidine rings is 1. The number of likely N-dealkylation sites (tertiary alicyclic amines) is 1. The summed E-state index contributed by atoms with van der Waals surface area (Å²) in [5.41, 5.74) is 0. The average molecular weight is 308 g/mol. The molecule has 0 spiro atoms. The van der Waals surface area contributed by atoms with Crippen molar-refractivity contribution < 1.29 is 9.53 Å². The van der Waals surface area contributed by atoms with Crippen molar-refractivity contribution >= 4 is 17.5 Å². The molecule has 1 aliphatic heterocycles. The number of hydrogen-bond acceptors (Lipinski definition) is 4. The lowest BCUT2D eigenvalue weighted by atomic mass is 10.1. The van der Waals surface area contributed by atoms with Gasteiger partial charge in [-0.2, -0.15) is 5.26 Å². The predicted molar refractivity (Wildman–Crippen MR) is 80.2 cm³/mol. The summed E-state index contributed by atoms with van der Waals surface area (Å²) in [5.74, 6) is 0.502. The molecule has 0 unspecified atom stereocenters. The summed E-state index contributed by atoms with van der Waals surface area (Å²) >= 11 is 5.78. The third kappa shape index (κ3) is 5.25. The van der Waals surface area contributed by atoms with Gasteiger partial charge in [0, 0.05) is 24.2 Å². The van der Waals surface area contributed by atoms with Crippen molar-refractivity contribution in [1.82, 2.24) is 10.2 Å². The zero-order valence-electron chi connectivity index (χ0n) is 11.7. The lowest BCUT2D eigenvalue weighted by Crippen LogP contribution is -2.45. The van der Waals surface area contributed by atoms with E-state index in [1.165, 1.54) is 0 Å². The Bertz CT molecular complexity index is 505. The molecule has 1 amide bonds. The number of ether oxygens (including phenoxy) is 1. The van der Waals surface area contributed by atoms with Crippen LogP contribution in [0.4, 0.5) is 0 Å². The number of nitriles is 1. The van der Waals surface area contributed by atoms with Gasteiger partial charge in [-0.25, -0.2) is 0 Å². The quantitative estimate of drug-likeness (QED) is 0.843. The van der Waals surface area contributed by atoms with Gasteiger partial charge in [-0.1, -0.05) is 11.6 Å². The first-order valence-corrected chi connectivity index (χ1v) is 7.32. The summed E-state index contributed by atoms with van der Waals surface area (Å²) in [7, 11) is 0. The Hall–Kier alpha value is -1.77. The fourth-order valence-corrected chi connectivity index (χ4v) is 2.41. The molecule has 2 rings (SSSR count). The second-order valence-corrected chi connectivity index (χ2v) is 5.46. The van der Waals surface area contributed by atoms with Crippen LogP contribution in [0.1, 0.15) is 12.8 Å². The molecule has 1 aromatic rings. The van der Waals surface area contributed by atoms with Crippen LogP contribution < -0.4 is 10.1 Å². The minimum atomic E-state index is -0.122. The van der Waals surface area contributed by atoms with Crippen LogP contribution in [-0.4, -0.2) is 43.1 Å². The molecule has 112 valence electrons. The summed E-state index contributed by atoms with van der Waals surface area (Å²) in [6, 6.07) is 9.22. The number of rotatable bonds is 5. The minimum Gasteiger partial charge on any atom is -0.484 e. The molecule has 21 heavy (non-hydrogen) atoms. The highest BCUT2D eigenvalue weighted by molar-refractivity contribution is 6.30. The fraction of sp³-hybridized carbons (Fsp3) is 0.467. The van der Waals surface area contributed by atoms with Crippen LogP contribution in [-0.2, 0) is 4.79 Å². The number of benzene rings is 1. The topological polar surface area (TPSA) is 65.4 Å². The molecule has 1 fully saturated rings. The van der Waals surface area contributed by atoms with Crippen LogP contribution in [0, 0.1) is 11.3 Å². The molecule has 1 aromatic carbocycles. The van der Waals surface area contributed by atoms with Gasteiger partial charge in [-0.3, -0.25) is 9.69 Å². The zero-order chi connectivity index (χ0) is 15.1. The van der Waals surface area contributed by atoms with E-state index in [9.17, 15) is 4.79 Å². The van der Waals surface area contributed by atoms with Crippen LogP contribution in [0.2, 0.25) is 5.02 Å². The summed E-state index contributed by atoms with van der Waals surface area (Å²) in [5, 5.41) is 12.2. The van der Waals surface area contributed by atoms with E-state index in [0.717, 1.165) is 25.9 Å². The summed E-state index contributed by atoms with van der Waals surface area (Å²) in [6.07, 6.45) is 1.74. The first kappa shape index (κ1) is 15.6. The van der Waals surface area contributed by atoms with Crippen LogP contribution >= 0.6 is 11.6 Å². The lowest BCUT2D eigenvalue weighted by Gasteiger charge is -2.30. The molecule has 0 radical (unpaired) electrons. The van der Waals surface area contributed by atoms with Gasteiger partial charge in [0.25, 0.3) is 5.91 Å². The van der Waals surface area contributed by atoms with Gasteiger partial charge >= 0.3 is 0 Å². The van der Waals surface area contributed by atoms with Crippen LogP contribution in [0.3, 0.4) is 0 Å². The zero-order valence-corrected chi connectivity index (χ0v) is 12.5. The Labute approximate surface area is 129 Å². The largest absolute Gasteiger partial charge is 0.484 e. The molecule has 5 nitrogen and oxygen atoms in total. The normalized spacial score (nSPS) is 16.2. The third-order valence-corrected chi connectivity index (χ3v) is 3.68. The molecule has 1 saturated heterocycles. The standard InChI is InChI=1S/C15H18ClN3O2/c16-12-1-3-14(4-2-12)21-11-15(20)18-13-5-8-19(9-6-13)10-7-17/h1-4,13H,5-6,8-11H2,(H,18,20). The van der Waals surface area contributed by atoms with Gasteiger partial charge in [0.05, 0.1) is 12.6 Å². The van der Waals surface area contributed by atoms with E-state index in [2.05, 4.69) is 16.3 Å². The molecule has 0 bridgehead atoms. The van der Waals surface area contributed by atoms with Gasteiger partial charge in [0.2, 0.25) is 0 Å². The molecular weight excluding hydrogens is 290 g/mol. The molecular formula is C15H18ClN3O2. The monoisotopic (exact) mass is 307 g/mol. The van der Waals surface area contributed by atoms with Crippen molar-refractivity contribution in [1.29, 1.82) is 5.26 Å². The molecule has 0 saturated carbocycles. The first-order valence-electron chi connectivity index (χ1n) is 6.94. The third-order valence-electron chi connectivity index (χ3n) is 3.43. The number of carbonyl (C=O) groups is 1. The Morgan fingerprint density at radius 1 is 1.38 bits per heavy atom. The molecule has 1 aliphatic rings. The summed E-state index contributed by atoms with van der Waals surface area (Å²) in [4.78, 5) is 13.9. The van der Waals surface area contributed by atoms with Gasteiger partial charge in [0.15, 0.2) is 6.61 Å². The smallest absolute Gasteiger partial charge is 0.258 e. The highest BCUT2D eigenvalue weighted by Crippen LogP contribution is 2.15. The maximum atomic E-state index is 11.8. The highest BCUT2D eigenvalue weighted by Gasteiger charge is 2.20. The maximum absolute atomic E-state index is 11.8. The molecule has 0 atom stereocenters. The Kier molecular flexibility index (Phi) is 5.85. The van der Waals surface area contributed by atoms with Crippen LogP contribution in [0.25, 0.3) is 0 Å². The van der Waals surface area contributed by atoms with E-state index in [-0.39, 0.29) is 18.6 Å². The Morgan fingerprint density at radius 2 is 2.05 bits per heavy atom. The lowest BCUT2D eigenvalue weighted by molar-refractivity contribution is -0.124. The van der Waals surface area contributed by atoms with E-state index < -0.39 is 0 Å². The van der Waals surface area contributed by atoms with Crippen molar-refractivity contribution in [3.05, 3.63) is 29.3 Å². The van der Waals surface area contributed by atoms with E-state index in [1.807, 2.05) is 0 Å². The number of carbonyl (C=O) groups excluding carboxylic acids is 1. The van der Waals surface area contributed by atoms with Crippen LogP contribution in [0.15, 0.2) is 24.3 Å². The van der Waals surface area contributed by atoms with Crippen molar-refractivity contribution in [2.45, 2.75) is 18.9 Å². The molecule has 0 aliphatic carbocycles. The number of nitrogens with zero attached hydrogens (tertiary/aromatic N) is 2. The van der Waals surface area contributed by atoms with Gasteiger partial charge in [-0.05, 0) is 37.1 Å². The van der Waals surface area contributed by atoms with Gasteiger partial charge in [-0.15, -0.1) is 0 Å². The van der Waals surface area contributed by atoms with E-state index in [4.69, 9.17) is 21.6 Å². The number of amides is 1. The molecule has 1 heterocycles. The second kappa shape index (κ2) is 7.87. The second-order valence-electron chi connectivity index (χ2n) is 5.02. The minimum absolute atomic E-state index is 0.0000419. The Balaban J connectivity index is 1.68. The average Bonchev–Trinajstić information content (AvgIpc) is 2.49. The van der Waals surface area contributed by atoms with Gasteiger partial charge < -0.3 is 10.1 Å². The Morgan fingerprint density at radius 3 is 2.67 bits per heavy atom. The van der Waals surface area contributed by atoms with E-state index in [0.29, 0.717) is 17.3 Å². The predicted octanol–water partition coefficient (Wildman–Crippen LogP) is 1.82. The SMILES string of the molecule is N#CCN1CCC(NC(=O)COc2ccc(Cl)cc2)CC1. The number of nitrogens with one attached hydrogen (secondary N) is 1.